The predicted octanol–water partition coefficient (Wildman–Crippen LogP) is 5.79. The Morgan fingerprint density at radius 2 is 0.977 bits per heavy atom. The van der Waals surface area contributed by atoms with Gasteiger partial charge >= 0.3 is 0 Å². The summed E-state index contributed by atoms with van der Waals surface area (Å²) in [5, 5.41) is 44.2. The molecule has 2 aliphatic rings. The first-order valence-corrected chi connectivity index (χ1v) is 16.3. The highest BCUT2D eigenvalue weighted by Gasteiger charge is 2.40. The minimum Gasteiger partial charge on any atom is -0.391 e. The molecule has 2 heterocycles. The summed E-state index contributed by atoms with van der Waals surface area (Å²) in [6, 6.07) is 28.6. The number of carbonyl (C=O) groups excluding carboxylic acids is 1. The highest BCUT2D eigenvalue weighted by atomic mass is 79.9. The maximum absolute atomic E-state index is 14.4. The van der Waals surface area contributed by atoms with Crippen molar-refractivity contribution in [2.45, 2.75) is 49.3 Å². The standard InChI is InChI=1S/C35H34Br2N2O5/c36-23-13-9-21(10-14-23)33(42)31-17-25(40)19-38(31)29-7-3-1-5-27(29)35(44)28-6-2-4-8-30(28)39-20-26(41)18-32(39)34(43)22-11-15-24(37)16-12-22/h1-16,25-26,31-34,40-43H,17-20H2/t25-,26-,31-,32-,33+,34+/m1/s1. The lowest BCUT2D eigenvalue weighted by molar-refractivity contribution is 0.103. The number of aliphatic hydroxyl groups is 4. The Morgan fingerprint density at radius 3 is 1.36 bits per heavy atom. The van der Waals surface area contributed by atoms with Crippen LogP contribution in [0.4, 0.5) is 11.4 Å². The second-order valence-corrected chi connectivity index (χ2v) is 13.4. The van der Waals surface area contributed by atoms with Gasteiger partial charge in [0.25, 0.3) is 0 Å². The molecule has 7 nitrogen and oxygen atoms in total. The van der Waals surface area contributed by atoms with Crippen LogP contribution < -0.4 is 9.80 Å². The van der Waals surface area contributed by atoms with E-state index in [2.05, 4.69) is 31.9 Å². The van der Waals surface area contributed by atoms with E-state index in [0.717, 1.165) is 20.1 Å². The lowest BCUT2D eigenvalue weighted by atomic mass is 9.95. The molecular formula is C35H34Br2N2O5. The molecule has 6 atom stereocenters. The van der Waals surface area contributed by atoms with Gasteiger partial charge in [0, 0.05) is 44.5 Å². The van der Waals surface area contributed by atoms with E-state index in [1.165, 1.54) is 0 Å². The summed E-state index contributed by atoms with van der Waals surface area (Å²) in [7, 11) is 0. The van der Waals surface area contributed by atoms with Crippen LogP contribution >= 0.6 is 31.9 Å². The Morgan fingerprint density at radius 1 is 0.614 bits per heavy atom. The quantitative estimate of drug-likeness (QED) is 0.171. The zero-order valence-corrected chi connectivity index (χ0v) is 27.0. The van der Waals surface area contributed by atoms with E-state index >= 15 is 0 Å². The van der Waals surface area contributed by atoms with Gasteiger partial charge in [-0.05, 0) is 72.5 Å². The molecule has 0 aromatic heterocycles. The molecule has 0 aliphatic carbocycles. The van der Waals surface area contributed by atoms with Crippen molar-refractivity contribution in [3.05, 3.63) is 128 Å². The number of nitrogens with zero attached hydrogens (tertiary/aromatic N) is 2. The van der Waals surface area contributed by atoms with Crippen LogP contribution in [0.25, 0.3) is 0 Å². The molecule has 4 aromatic carbocycles. The number of β-amino-alcohol motifs (C(OH)–C–C–N with tert-alkyl or cyclic N) is 2. The number of para-hydroxylation sites is 2. The maximum Gasteiger partial charge on any atom is 0.197 e. The van der Waals surface area contributed by atoms with E-state index in [-0.39, 0.29) is 18.9 Å². The molecule has 9 heteroatoms. The summed E-state index contributed by atoms with van der Waals surface area (Å²) in [4.78, 5) is 18.3. The molecular weight excluding hydrogens is 688 g/mol. The van der Waals surface area contributed by atoms with E-state index in [9.17, 15) is 25.2 Å². The maximum atomic E-state index is 14.4. The van der Waals surface area contributed by atoms with E-state index < -0.39 is 36.5 Å². The number of hydrogen-bond donors (Lipinski definition) is 4. The summed E-state index contributed by atoms with van der Waals surface area (Å²) in [6.45, 7) is 0.563. The van der Waals surface area contributed by atoms with E-state index in [1.807, 2.05) is 94.7 Å². The van der Waals surface area contributed by atoms with Crippen LogP contribution in [-0.4, -0.2) is 63.6 Å². The van der Waals surface area contributed by atoms with Gasteiger partial charge in [-0.15, -0.1) is 0 Å². The van der Waals surface area contributed by atoms with Gasteiger partial charge in [-0.1, -0.05) is 80.4 Å². The minimum atomic E-state index is -0.873. The highest BCUT2D eigenvalue weighted by molar-refractivity contribution is 9.10. The molecule has 4 N–H and O–H groups in total. The van der Waals surface area contributed by atoms with Crippen LogP contribution in [0.5, 0.6) is 0 Å². The fraction of sp³-hybridized carbons (Fsp3) is 0.286. The fourth-order valence-electron chi connectivity index (χ4n) is 6.58. The van der Waals surface area contributed by atoms with Crippen molar-refractivity contribution in [3.63, 3.8) is 0 Å². The summed E-state index contributed by atoms with van der Waals surface area (Å²) in [5.74, 6) is -0.215. The van der Waals surface area contributed by atoms with Gasteiger partial charge in [0.15, 0.2) is 5.78 Å². The van der Waals surface area contributed by atoms with Crippen LogP contribution in [0.1, 0.15) is 52.1 Å². The van der Waals surface area contributed by atoms with Gasteiger partial charge in [0.2, 0.25) is 0 Å². The molecule has 6 rings (SSSR count). The van der Waals surface area contributed by atoms with Crippen LogP contribution in [0.2, 0.25) is 0 Å². The van der Waals surface area contributed by atoms with Crippen molar-refractivity contribution in [2.24, 2.45) is 0 Å². The average Bonchev–Trinajstić information content (AvgIpc) is 3.63. The van der Waals surface area contributed by atoms with Gasteiger partial charge in [0.1, 0.15) is 0 Å². The Balaban J connectivity index is 1.34. The third-order valence-electron chi connectivity index (χ3n) is 8.71. The smallest absolute Gasteiger partial charge is 0.197 e. The fourth-order valence-corrected chi connectivity index (χ4v) is 7.11. The molecule has 2 saturated heterocycles. The number of halogens is 2. The molecule has 4 aromatic rings. The van der Waals surface area contributed by atoms with Gasteiger partial charge < -0.3 is 30.2 Å². The summed E-state index contributed by atoms with van der Waals surface area (Å²) >= 11 is 6.88. The third kappa shape index (κ3) is 6.22. The number of carbonyl (C=O) groups is 1. The number of benzene rings is 4. The SMILES string of the molecule is O=C(c1ccccc1N1C[C@H](O)C[C@@H]1[C@@H](O)c1ccc(Br)cc1)c1ccccc1N1C[C@H](O)C[C@@H]1[C@@H](O)c1ccc(Br)cc1. The van der Waals surface area contributed by atoms with Crippen LogP contribution in [-0.2, 0) is 0 Å². The minimum absolute atomic E-state index is 0.215. The van der Waals surface area contributed by atoms with Crippen molar-refractivity contribution in [1.82, 2.24) is 0 Å². The summed E-state index contributed by atoms with van der Waals surface area (Å²) in [6.07, 6.45) is -2.35. The number of hydrogen-bond acceptors (Lipinski definition) is 7. The normalized spacial score (nSPS) is 23.1. The molecule has 0 unspecified atom stereocenters. The first kappa shape index (κ1) is 31.0. The molecule has 0 radical (unpaired) electrons. The van der Waals surface area contributed by atoms with Crippen molar-refractivity contribution >= 4 is 49.0 Å². The second-order valence-electron chi connectivity index (χ2n) is 11.6. The Kier molecular flexibility index (Phi) is 9.23. The Labute approximate surface area is 273 Å². The Bertz CT molecular complexity index is 1500. The van der Waals surface area contributed by atoms with Crippen molar-refractivity contribution in [2.75, 3.05) is 22.9 Å². The lowest BCUT2D eigenvalue weighted by Crippen LogP contribution is -2.36. The molecule has 0 bridgehead atoms. The van der Waals surface area contributed by atoms with Gasteiger partial charge in [-0.25, -0.2) is 0 Å². The first-order valence-electron chi connectivity index (χ1n) is 14.7. The zero-order chi connectivity index (χ0) is 31.0. The highest BCUT2D eigenvalue weighted by Crippen LogP contribution is 2.39. The van der Waals surface area contributed by atoms with E-state index in [4.69, 9.17) is 0 Å². The molecule has 0 saturated carbocycles. The number of anilines is 2. The summed E-state index contributed by atoms with van der Waals surface area (Å²) in [5.41, 5.74) is 3.64. The number of rotatable bonds is 8. The number of aliphatic hydroxyl groups excluding tert-OH is 4. The molecule has 2 fully saturated rings. The van der Waals surface area contributed by atoms with Crippen molar-refractivity contribution < 1.29 is 25.2 Å². The molecule has 44 heavy (non-hydrogen) atoms. The van der Waals surface area contributed by atoms with Gasteiger partial charge in [-0.2, -0.15) is 0 Å². The van der Waals surface area contributed by atoms with Gasteiger partial charge in [-0.3, -0.25) is 4.79 Å². The first-order chi connectivity index (χ1) is 21.2. The molecule has 228 valence electrons. The zero-order valence-electron chi connectivity index (χ0n) is 23.9. The lowest BCUT2D eigenvalue weighted by Gasteiger charge is -2.33. The van der Waals surface area contributed by atoms with E-state index in [0.29, 0.717) is 35.3 Å². The predicted molar refractivity (Wildman–Crippen MR) is 178 cm³/mol. The van der Waals surface area contributed by atoms with Crippen LogP contribution in [0.15, 0.2) is 106 Å². The number of ketones is 1. The molecule has 0 spiro atoms. The molecule has 0 amide bonds. The van der Waals surface area contributed by atoms with Crippen LogP contribution in [0, 0.1) is 0 Å². The topological polar surface area (TPSA) is 104 Å². The monoisotopic (exact) mass is 720 g/mol. The second kappa shape index (κ2) is 13.1. The van der Waals surface area contributed by atoms with E-state index in [1.54, 1.807) is 12.1 Å². The van der Waals surface area contributed by atoms with Crippen molar-refractivity contribution in [3.8, 4) is 0 Å². The van der Waals surface area contributed by atoms with Gasteiger partial charge in [0.05, 0.1) is 36.5 Å². The third-order valence-corrected chi connectivity index (χ3v) is 9.77. The average molecular weight is 722 g/mol. The largest absolute Gasteiger partial charge is 0.391 e. The summed E-state index contributed by atoms with van der Waals surface area (Å²) < 4.78 is 1.81. The van der Waals surface area contributed by atoms with Crippen LogP contribution in [0.3, 0.4) is 0 Å². The molecule has 2 aliphatic heterocycles. The Hall–Kier alpha value is -3.05. The van der Waals surface area contributed by atoms with Crippen molar-refractivity contribution in [1.29, 1.82) is 0 Å².